The second kappa shape index (κ2) is 6.27. The number of alkyl halides is 6. The third-order valence-corrected chi connectivity index (χ3v) is 4.36. The van der Waals surface area contributed by atoms with Crippen molar-refractivity contribution in [2.45, 2.75) is 12.4 Å². The van der Waals surface area contributed by atoms with E-state index in [1.807, 2.05) is 0 Å². The number of para-hydroxylation sites is 1. The first kappa shape index (κ1) is 18.2. The molecule has 2 aromatic carbocycles. The first-order chi connectivity index (χ1) is 12.1. The summed E-state index contributed by atoms with van der Waals surface area (Å²) in [6.07, 6.45) is -9.13. The van der Waals surface area contributed by atoms with E-state index in [1.54, 1.807) is 0 Å². The zero-order chi connectivity index (χ0) is 19.1. The van der Waals surface area contributed by atoms with E-state index in [0.717, 1.165) is 41.7 Å². The van der Waals surface area contributed by atoms with Gasteiger partial charge in [0.15, 0.2) is 5.13 Å². The molecule has 0 aliphatic carbocycles. The van der Waals surface area contributed by atoms with Gasteiger partial charge in [-0.25, -0.2) is 4.98 Å². The molecule has 3 nitrogen and oxygen atoms in total. The molecule has 1 amide bonds. The highest BCUT2D eigenvalue weighted by Crippen LogP contribution is 2.37. The van der Waals surface area contributed by atoms with Gasteiger partial charge in [-0.15, -0.1) is 0 Å². The van der Waals surface area contributed by atoms with Crippen molar-refractivity contribution in [3.63, 3.8) is 0 Å². The quantitative estimate of drug-likeness (QED) is 0.580. The lowest BCUT2D eigenvalue weighted by atomic mass is 10.1. The SMILES string of the molecule is O=C(Nc1nc2c(C(F)(F)F)cccc2s1)c1ccc(C(F)(F)F)cc1. The van der Waals surface area contributed by atoms with Gasteiger partial charge >= 0.3 is 12.4 Å². The highest BCUT2D eigenvalue weighted by molar-refractivity contribution is 7.22. The average molecular weight is 390 g/mol. The van der Waals surface area contributed by atoms with E-state index < -0.39 is 29.4 Å². The molecule has 0 atom stereocenters. The minimum atomic E-state index is -4.59. The van der Waals surface area contributed by atoms with Crippen molar-refractivity contribution in [2.24, 2.45) is 0 Å². The van der Waals surface area contributed by atoms with Crippen LogP contribution >= 0.6 is 11.3 Å². The predicted molar refractivity (Wildman–Crippen MR) is 84.0 cm³/mol. The molecule has 0 saturated carbocycles. The molecule has 0 bridgehead atoms. The van der Waals surface area contributed by atoms with Crippen LogP contribution in [0.25, 0.3) is 10.2 Å². The zero-order valence-corrected chi connectivity index (χ0v) is 13.4. The van der Waals surface area contributed by atoms with Crippen LogP contribution in [-0.2, 0) is 12.4 Å². The summed E-state index contributed by atoms with van der Waals surface area (Å²) in [5, 5.41) is 2.22. The summed E-state index contributed by atoms with van der Waals surface area (Å²) in [5.41, 5.74) is -2.22. The molecule has 1 N–H and O–H groups in total. The number of carbonyl (C=O) groups is 1. The first-order valence-electron chi connectivity index (χ1n) is 7.01. The van der Waals surface area contributed by atoms with Gasteiger partial charge < -0.3 is 0 Å². The fraction of sp³-hybridized carbons (Fsp3) is 0.125. The Hall–Kier alpha value is -2.62. The van der Waals surface area contributed by atoms with E-state index in [9.17, 15) is 31.1 Å². The molecule has 1 heterocycles. The van der Waals surface area contributed by atoms with Gasteiger partial charge in [-0.3, -0.25) is 10.1 Å². The smallest absolute Gasteiger partial charge is 0.298 e. The van der Waals surface area contributed by atoms with Crippen LogP contribution in [0.3, 0.4) is 0 Å². The number of halogens is 6. The minimum absolute atomic E-state index is 0.0756. The van der Waals surface area contributed by atoms with Crippen molar-refractivity contribution in [3.8, 4) is 0 Å². The number of amides is 1. The number of rotatable bonds is 2. The monoisotopic (exact) mass is 390 g/mol. The Bertz CT molecular complexity index is 960. The maximum atomic E-state index is 13.0. The predicted octanol–water partition coefficient (Wildman–Crippen LogP) is 5.59. The lowest BCUT2D eigenvalue weighted by molar-refractivity contribution is -0.138. The molecule has 0 saturated heterocycles. The summed E-state index contributed by atoms with van der Waals surface area (Å²) in [4.78, 5) is 15.9. The van der Waals surface area contributed by atoms with Crippen LogP contribution in [0.5, 0.6) is 0 Å². The van der Waals surface area contributed by atoms with Crippen molar-refractivity contribution in [1.82, 2.24) is 4.98 Å². The lowest BCUT2D eigenvalue weighted by Crippen LogP contribution is -2.12. The van der Waals surface area contributed by atoms with Crippen molar-refractivity contribution >= 4 is 32.6 Å². The summed E-state index contributed by atoms with van der Waals surface area (Å²) in [7, 11) is 0. The number of carbonyl (C=O) groups excluding carboxylic acids is 1. The molecule has 0 fully saturated rings. The largest absolute Gasteiger partial charge is 0.418 e. The molecule has 0 unspecified atom stereocenters. The molecule has 0 aliphatic rings. The van der Waals surface area contributed by atoms with Crippen molar-refractivity contribution in [3.05, 3.63) is 59.2 Å². The van der Waals surface area contributed by atoms with Gasteiger partial charge in [0, 0.05) is 5.56 Å². The molecule has 0 spiro atoms. The van der Waals surface area contributed by atoms with Crippen molar-refractivity contribution in [2.75, 3.05) is 5.32 Å². The van der Waals surface area contributed by atoms with Crippen LogP contribution in [-0.4, -0.2) is 10.9 Å². The number of hydrogen-bond acceptors (Lipinski definition) is 3. The fourth-order valence-electron chi connectivity index (χ4n) is 2.21. The van der Waals surface area contributed by atoms with E-state index in [2.05, 4.69) is 10.3 Å². The van der Waals surface area contributed by atoms with E-state index >= 15 is 0 Å². The molecule has 10 heteroatoms. The lowest BCUT2D eigenvalue weighted by Gasteiger charge is -2.07. The maximum absolute atomic E-state index is 13.0. The second-order valence-electron chi connectivity index (χ2n) is 5.20. The summed E-state index contributed by atoms with van der Waals surface area (Å²) < 4.78 is 76.7. The van der Waals surface area contributed by atoms with Gasteiger partial charge in [-0.05, 0) is 36.4 Å². The van der Waals surface area contributed by atoms with Crippen molar-refractivity contribution in [1.29, 1.82) is 0 Å². The van der Waals surface area contributed by atoms with Gasteiger partial charge in [0.25, 0.3) is 5.91 Å². The highest BCUT2D eigenvalue weighted by atomic mass is 32.1. The van der Waals surface area contributed by atoms with Crippen LogP contribution in [0.2, 0.25) is 0 Å². The van der Waals surface area contributed by atoms with Crippen LogP contribution in [0.4, 0.5) is 31.5 Å². The van der Waals surface area contributed by atoms with Gasteiger partial charge in [-0.1, -0.05) is 17.4 Å². The Morgan fingerprint density at radius 1 is 0.923 bits per heavy atom. The standard InChI is InChI=1S/C16H8F6N2OS/c17-15(18,19)9-6-4-8(5-7-9)13(25)24-14-23-12-10(16(20,21)22)2-1-3-11(12)26-14/h1-7H,(H,23,24,25). The molecular formula is C16H8F6N2OS. The van der Waals surface area contributed by atoms with Crippen LogP contribution < -0.4 is 5.32 Å². The summed E-state index contributed by atoms with van der Waals surface area (Å²) in [6.45, 7) is 0. The molecule has 0 aliphatic heterocycles. The molecule has 1 aromatic heterocycles. The Labute approximate surface area is 146 Å². The number of hydrogen-bond donors (Lipinski definition) is 1. The molecule has 3 aromatic rings. The second-order valence-corrected chi connectivity index (χ2v) is 6.23. The number of nitrogens with one attached hydrogen (secondary N) is 1. The average Bonchev–Trinajstić information content (AvgIpc) is 2.95. The van der Waals surface area contributed by atoms with Crippen LogP contribution in [0.15, 0.2) is 42.5 Å². The zero-order valence-electron chi connectivity index (χ0n) is 12.6. The number of aromatic nitrogens is 1. The Kier molecular flexibility index (Phi) is 4.39. The fourth-order valence-corrected chi connectivity index (χ4v) is 3.10. The van der Waals surface area contributed by atoms with Crippen LogP contribution in [0, 0.1) is 0 Å². The Balaban J connectivity index is 1.86. The summed E-state index contributed by atoms with van der Waals surface area (Å²) in [6, 6.07) is 6.98. The molecule has 136 valence electrons. The normalized spacial score (nSPS) is 12.4. The molecule has 0 radical (unpaired) electrons. The highest BCUT2D eigenvalue weighted by Gasteiger charge is 2.34. The van der Waals surface area contributed by atoms with Gasteiger partial charge in [0.05, 0.1) is 21.3 Å². The third kappa shape index (κ3) is 3.64. The molecule has 26 heavy (non-hydrogen) atoms. The van der Waals surface area contributed by atoms with Crippen molar-refractivity contribution < 1.29 is 31.1 Å². The Morgan fingerprint density at radius 3 is 2.15 bits per heavy atom. The van der Waals surface area contributed by atoms with Gasteiger partial charge in [-0.2, -0.15) is 26.3 Å². The van der Waals surface area contributed by atoms with E-state index in [-0.39, 0.29) is 20.9 Å². The summed E-state index contributed by atoms with van der Waals surface area (Å²) >= 11 is 0.835. The molecule has 3 rings (SSSR count). The number of anilines is 1. The number of fused-ring (bicyclic) bond motifs is 1. The first-order valence-corrected chi connectivity index (χ1v) is 7.83. The van der Waals surface area contributed by atoms with E-state index in [4.69, 9.17) is 0 Å². The molecular weight excluding hydrogens is 382 g/mol. The Morgan fingerprint density at radius 2 is 1.58 bits per heavy atom. The van der Waals surface area contributed by atoms with Gasteiger partial charge in [0.1, 0.15) is 0 Å². The van der Waals surface area contributed by atoms with E-state index in [0.29, 0.717) is 0 Å². The van der Waals surface area contributed by atoms with Crippen LogP contribution in [0.1, 0.15) is 21.5 Å². The topological polar surface area (TPSA) is 42.0 Å². The van der Waals surface area contributed by atoms with Gasteiger partial charge in [0.2, 0.25) is 0 Å². The number of thiazole rings is 1. The maximum Gasteiger partial charge on any atom is 0.418 e. The van der Waals surface area contributed by atoms with E-state index in [1.165, 1.54) is 12.1 Å². The number of nitrogens with zero attached hydrogens (tertiary/aromatic N) is 1. The minimum Gasteiger partial charge on any atom is -0.298 e. The third-order valence-electron chi connectivity index (χ3n) is 3.42. The number of benzene rings is 2. The summed E-state index contributed by atoms with van der Waals surface area (Å²) in [5.74, 6) is -0.772.